The second-order valence-corrected chi connectivity index (χ2v) is 6.84. The number of benzene rings is 2. The number of rotatable bonds is 5. The molecule has 1 fully saturated rings. The highest BCUT2D eigenvalue weighted by Crippen LogP contribution is 2.30. The maximum atomic E-state index is 11.4. The van der Waals surface area contributed by atoms with Gasteiger partial charge in [-0.15, -0.1) is 0 Å². The standard InChI is InChI=1S/C21H27N3O2/c1-15(25)23-21-14-17(6-9-20(21)22-2)16-4-7-18(8-5-16)26-19-10-12-24(3)13-11-19/h4-9,14,19,22H,10-13H2,1-3H3,(H,23,25). The minimum atomic E-state index is -0.0828. The highest BCUT2D eigenvalue weighted by molar-refractivity contribution is 5.94. The molecule has 26 heavy (non-hydrogen) atoms. The monoisotopic (exact) mass is 353 g/mol. The summed E-state index contributed by atoms with van der Waals surface area (Å²) in [6, 6.07) is 14.2. The fraction of sp³-hybridized carbons (Fsp3) is 0.381. The number of ether oxygens (including phenoxy) is 1. The molecule has 1 heterocycles. The van der Waals surface area contributed by atoms with Crippen LogP contribution in [0.15, 0.2) is 42.5 Å². The van der Waals surface area contributed by atoms with Crippen molar-refractivity contribution in [3.8, 4) is 16.9 Å². The summed E-state index contributed by atoms with van der Waals surface area (Å²) in [6.45, 7) is 3.69. The summed E-state index contributed by atoms with van der Waals surface area (Å²) in [5.74, 6) is 0.831. The molecule has 5 heteroatoms. The van der Waals surface area contributed by atoms with Crippen molar-refractivity contribution in [1.82, 2.24) is 4.90 Å². The highest BCUT2D eigenvalue weighted by Gasteiger charge is 2.18. The van der Waals surface area contributed by atoms with Gasteiger partial charge in [0.2, 0.25) is 5.91 Å². The van der Waals surface area contributed by atoms with Crippen LogP contribution in [0.25, 0.3) is 11.1 Å². The number of anilines is 2. The van der Waals surface area contributed by atoms with Gasteiger partial charge >= 0.3 is 0 Å². The van der Waals surface area contributed by atoms with E-state index in [1.807, 2.05) is 37.4 Å². The maximum absolute atomic E-state index is 11.4. The van der Waals surface area contributed by atoms with Crippen molar-refractivity contribution in [3.63, 3.8) is 0 Å². The first-order valence-electron chi connectivity index (χ1n) is 9.10. The zero-order valence-electron chi connectivity index (χ0n) is 15.7. The van der Waals surface area contributed by atoms with E-state index in [0.29, 0.717) is 6.10 Å². The van der Waals surface area contributed by atoms with E-state index < -0.39 is 0 Å². The Kier molecular flexibility index (Phi) is 5.78. The van der Waals surface area contributed by atoms with Crippen molar-refractivity contribution in [2.24, 2.45) is 0 Å². The van der Waals surface area contributed by atoms with Crippen molar-refractivity contribution in [2.45, 2.75) is 25.9 Å². The third-order valence-electron chi connectivity index (χ3n) is 4.76. The largest absolute Gasteiger partial charge is 0.490 e. The van der Waals surface area contributed by atoms with Gasteiger partial charge in [-0.2, -0.15) is 0 Å². The van der Waals surface area contributed by atoms with E-state index in [9.17, 15) is 4.79 Å². The van der Waals surface area contributed by atoms with E-state index in [1.165, 1.54) is 6.92 Å². The molecule has 0 bridgehead atoms. The lowest BCUT2D eigenvalue weighted by atomic mass is 10.0. The van der Waals surface area contributed by atoms with Gasteiger partial charge in [0, 0.05) is 27.1 Å². The molecule has 1 aliphatic rings. The van der Waals surface area contributed by atoms with E-state index in [4.69, 9.17) is 4.74 Å². The molecule has 0 aromatic heterocycles. The molecular weight excluding hydrogens is 326 g/mol. The molecule has 0 atom stereocenters. The third kappa shape index (κ3) is 4.55. The molecule has 3 rings (SSSR count). The van der Waals surface area contributed by atoms with Gasteiger partial charge in [0.1, 0.15) is 11.9 Å². The predicted molar refractivity (Wildman–Crippen MR) is 107 cm³/mol. The summed E-state index contributed by atoms with van der Waals surface area (Å²) < 4.78 is 6.11. The summed E-state index contributed by atoms with van der Waals surface area (Å²) in [5.41, 5.74) is 3.82. The molecule has 0 radical (unpaired) electrons. The molecule has 5 nitrogen and oxygen atoms in total. The molecule has 0 spiro atoms. The van der Waals surface area contributed by atoms with E-state index in [0.717, 1.165) is 54.2 Å². The van der Waals surface area contributed by atoms with Crippen LogP contribution in [-0.2, 0) is 4.79 Å². The van der Waals surface area contributed by atoms with Gasteiger partial charge < -0.3 is 20.3 Å². The van der Waals surface area contributed by atoms with E-state index >= 15 is 0 Å². The Morgan fingerprint density at radius 2 is 1.69 bits per heavy atom. The van der Waals surface area contributed by atoms with E-state index in [1.54, 1.807) is 0 Å². The van der Waals surface area contributed by atoms with Crippen LogP contribution in [0.1, 0.15) is 19.8 Å². The molecule has 2 N–H and O–H groups in total. The number of piperidine rings is 1. The van der Waals surface area contributed by atoms with Gasteiger partial charge in [-0.3, -0.25) is 4.79 Å². The van der Waals surface area contributed by atoms with Crippen molar-refractivity contribution >= 4 is 17.3 Å². The molecule has 2 aromatic rings. The number of carbonyl (C=O) groups excluding carboxylic acids is 1. The van der Waals surface area contributed by atoms with Gasteiger partial charge in [0.15, 0.2) is 0 Å². The molecular formula is C21H27N3O2. The number of nitrogens with zero attached hydrogens (tertiary/aromatic N) is 1. The summed E-state index contributed by atoms with van der Waals surface area (Å²) in [5, 5.41) is 5.97. The fourth-order valence-electron chi connectivity index (χ4n) is 3.26. The van der Waals surface area contributed by atoms with Gasteiger partial charge in [-0.1, -0.05) is 18.2 Å². The molecule has 0 saturated carbocycles. The predicted octanol–water partition coefficient (Wildman–Crippen LogP) is 3.83. The van der Waals surface area contributed by atoms with Gasteiger partial charge in [0.05, 0.1) is 11.4 Å². The minimum Gasteiger partial charge on any atom is -0.490 e. The average molecular weight is 353 g/mol. The second-order valence-electron chi connectivity index (χ2n) is 6.84. The molecule has 1 aliphatic heterocycles. The Hall–Kier alpha value is -2.53. The van der Waals surface area contributed by atoms with Crippen molar-refractivity contribution < 1.29 is 9.53 Å². The van der Waals surface area contributed by atoms with Crippen molar-refractivity contribution in [1.29, 1.82) is 0 Å². The first-order valence-corrected chi connectivity index (χ1v) is 9.10. The van der Waals surface area contributed by atoms with E-state index in [2.05, 4.69) is 34.7 Å². The van der Waals surface area contributed by atoms with Crippen LogP contribution in [0.4, 0.5) is 11.4 Å². The number of hydrogen-bond acceptors (Lipinski definition) is 4. The molecule has 2 aromatic carbocycles. The number of nitrogens with one attached hydrogen (secondary N) is 2. The van der Waals surface area contributed by atoms with Crippen LogP contribution < -0.4 is 15.4 Å². The molecule has 0 unspecified atom stereocenters. The number of likely N-dealkylation sites (tertiary alicyclic amines) is 1. The van der Waals surface area contributed by atoms with Crippen LogP contribution in [0.3, 0.4) is 0 Å². The maximum Gasteiger partial charge on any atom is 0.221 e. The first-order chi connectivity index (χ1) is 12.5. The quantitative estimate of drug-likeness (QED) is 0.858. The normalized spacial score (nSPS) is 15.5. The lowest BCUT2D eigenvalue weighted by Crippen LogP contribution is -2.35. The van der Waals surface area contributed by atoms with Gasteiger partial charge in [-0.25, -0.2) is 0 Å². The Morgan fingerprint density at radius 3 is 2.31 bits per heavy atom. The van der Waals surface area contributed by atoms with Crippen molar-refractivity contribution in [2.75, 3.05) is 37.8 Å². The summed E-state index contributed by atoms with van der Waals surface area (Å²) in [6.07, 6.45) is 2.45. The van der Waals surface area contributed by atoms with Crippen LogP contribution in [-0.4, -0.2) is 44.1 Å². The number of hydrogen-bond donors (Lipinski definition) is 2. The van der Waals surface area contributed by atoms with Crippen LogP contribution >= 0.6 is 0 Å². The summed E-state index contributed by atoms with van der Waals surface area (Å²) in [4.78, 5) is 13.8. The minimum absolute atomic E-state index is 0.0828. The zero-order valence-corrected chi connectivity index (χ0v) is 15.7. The van der Waals surface area contributed by atoms with Crippen LogP contribution in [0, 0.1) is 0 Å². The highest BCUT2D eigenvalue weighted by atomic mass is 16.5. The van der Waals surface area contributed by atoms with Crippen LogP contribution in [0.2, 0.25) is 0 Å². The molecule has 0 aliphatic carbocycles. The third-order valence-corrected chi connectivity index (χ3v) is 4.76. The van der Waals surface area contributed by atoms with Crippen molar-refractivity contribution in [3.05, 3.63) is 42.5 Å². The lowest BCUT2D eigenvalue weighted by molar-refractivity contribution is -0.114. The summed E-state index contributed by atoms with van der Waals surface area (Å²) in [7, 11) is 4.00. The Labute approximate surface area is 155 Å². The fourth-order valence-corrected chi connectivity index (χ4v) is 3.26. The zero-order chi connectivity index (χ0) is 18.5. The topological polar surface area (TPSA) is 53.6 Å². The average Bonchev–Trinajstić information content (AvgIpc) is 2.64. The molecule has 1 amide bonds. The van der Waals surface area contributed by atoms with Crippen LogP contribution in [0.5, 0.6) is 5.75 Å². The first kappa shape index (κ1) is 18.3. The molecule has 1 saturated heterocycles. The van der Waals surface area contributed by atoms with Gasteiger partial charge in [-0.05, 0) is 55.3 Å². The summed E-state index contributed by atoms with van der Waals surface area (Å²) >= 11 is 0. The Bertz CT molecular complexity index is 750. The molecule has 138 valence electrons. The van der Waals surface area contributed by atoms with Gasteiger partial charge in [0.25, 0.3) is 0 Å². The second kappa shape index (κ2) is 8.23. The Balaban J connectivity index is 1.72. The number of amides is 1. The van der Waals surface area contributed by atoms with E-state index in [-0.39, 0.29) is 5.91 Å². The lowest BCUT2D eigenvalue weighted by Gasteiger charge is -2.29. The SMILES string of the molecule is CNc1ccc(-c2ccc(OC3CCN(C)CC3)cc2)cc1NC(C)=O. The smallest absolute Gasteiger partial charge is 0.221 e. The Morgan fingerprint density at radius 1 is 1.04 bits per heavy atom. The number of carbonyl (C=O) groups is 1.